The van der Waals surface area contributed by atoms with Gasteiger partial charge in [-0.1, -0.05) is 35.9 Å². The van der Waals surface area contributed by atoms with Gasteiger partial charge in [-0.2, -0.15) is 0 Å². The molecule has 22 heavy (non-hydrogen) atoms. The Kier molecular flexibility index (Phi) is 3.54. The van der Waals surface area contributed by atoms with Crippen molar-refractivity contribution in [2.24, 2.45) is 0 Å². The lowest BCUT2D eigenvalue weighted by Crippen LogP contribution is -2.14. The van der Waals surface area contributed by atoms with E-state index < -0.39 is 10.0 Å². The highest BCUT2D eigenvalue weighted by atomic mass is 32.2. The van der Waals surface area contributed by atoms with Gasteiger partial charge in [0.15, 0.2) is 0 Å². The second-order valence-electron chi connectivity index (χ2n) is 5.32. The van der Waals surface area contributed by atoms with Crippen molar-refractivity contribution in [3.63, 3.8) is 0 Å². The summed E-state index contributed by atoms with van der Waals surface area (Å²) in [5, 5.41) is 10.4. The van der Waals surface area contributed by atoms with Gasteiger partial charge in [0.2, 0.25) is 0 Å². The van der Waals surface area contributed by atoms with Gasteiger partial charge in [-0.3, -0.25) is 0 Å². The average Bonchev–Trinajstić information content (AvgIpc) is 2.79. The van der Waals surface area contributed by atoms with Gasteiger partial charge in [-0.05, 0) is 32.0 Å². The second kappa shape index (κ2) is 5.26. The Morgan fingerprint density at radius 2 is 1.64 bits per heavy atom. The topological polar surface area (TPSA) is 59.3 Å². The van der Waals surface area contributed by atoms with Gasteiger partial charge in [-0.25, -0.2) is 12.4 Å². The van der Waals surface area contributed by atoms with Crippen LogP contribution in [0, 0.1) is 13.8 Å². The lowest BCUT2D eigenvalue weighted by molar-refractivity contribution is 0.282. The quantitative estimate of drug-likeness (QED) is 0.808. The van der Waals surface area contributed by atoms with Crippen molar-refractivity contribution in [1.29, 1.82) is 0 Å². The van der Waals surface area contributed by atoms with Crippen LogP contribution in [0.25, 0.3) is 10.9 Å². The van der Waals surface area contributed by atoms with E-state index in [9.17, 15) is 13.5 Å². The van der Waals surface area contributed by atoms with Crippen LogP contribution in [-0.4, -0.2) is 17.5 Å². The van der Waals surface area contributed by atoms with Crippen molar-refractivity contribution < 1.29 is 13.5 Å². The third kappa shape index (κ3) is 2.14. The van der Waals surface area contributed by atoms with Crippen LogP contribution < -0.4 is 0 Å². The molecular weight excluding hydrogens is 298 g/mol. The summed E-state index contributed by atoms with van der Waals surface area (Å²) >= 11 is 0. The Labute approximate surface area is 129 Å². The molecule has 0 aliphatic carbocycles. The molecule has 0 aliphatic rings. The molecule has 0 saturated heterocycles. The highest BCUT2D eigenvalue weighted by Crippen LogP contribution is 2.29. The van der Waals surface area contributed by atoms with E-state index in [4.69, 9.17) is 0 Å². The summed E-state index contributed by atoms with van der Waals surface area (Å²) in [5.74, 6) is 0. The highest BCUT2D eigenvalue weighted by Gasteiger charge is 2.24. The smallest absolute Gasteiger partial charge is 0.268 e. The number of aromatic nitrogens is 1. The zero-order valence-corrected chi connectivity index (χ0v) is 13.3. The predicted molar refractivity (Wildman–Crippen MR) is 86.4 cm³/mol. The van der Waals surface area contributed by atoms with Crippen molar-refractivity contribution in [2.75, 3.05) is 0 Å². The third-order valence-corrected chi connectivity index (χ3v) is 5.73. The van der Waals surface area contributed by atoms with Crippen molar-refractivity contribution in [1.82, 2.24) is 3.97 Å². The Morgan fingerprint density at radius 3 is 2.27 bits per heavy atom. The lowest BCUT2D eigenvalue weighted by Gasteiger charge is -2.10. The number of aliphatic hydroxyl groups is 1. The Bertz CT molecular complexity index is 938. The molecule has 1 N–H and O–H groups in total. The molecule has 0 bridgehead atoms. The number of nitrogens with zero attached hydrogens (tertiary/aromatic N) is 1. The summed E-state index contributed by atoms with van der Waals surface area (Å²) in [5.41, 5.74) is 2.78. The monoisotopic (exact) mass is 315 g/mol. The van der Waals surface area contributed by atoms with Gasteiger partial charge in [-0.15, -0.1) is 0 Å². The third-order valence-electron chi connectivity index (χ3n) is 3.91. The summed E-state index contributed by atoms with van der Waals surface area (Å²) in [4.78, 5) is 0.242. The molecule has 0 amide bonds. The highest BCUT2D eigenvalue weighted by molar-refractivity contribution is 7.90. The van der Waals surface area contributed by atoms with E-state index in [1.54, 1.807) is 43.3 Å². The van der Waals surface area contributed by atoms with E-state index in [2.05, 4.69) is 0 Å². The number of hydrogen-bond acceptors (Lipinski definition) is 3. The fourth-order valence-electron chi connectivity index (χ4n) is 2.73. The first-order valence-corrected chi connectivity index (χ1v) is 8.43. The molecule has 4 nitrogen and oxygen atoms in total. The zero-order chi connectivity index (χ0) is 15.9. The first-order chi connectivity index (χ1) is 10.5. The Morgan fingerprint density at radius 1 is 1.00 bits per heavy atom. The van der Waals surface area contributed by atoms with Crippen LogP contribution >= 0.6 is 0 Å². The number of hydrogen-bond donors (Lipinski definition) is 1. The van der Waals surface area contributed by atoms with E-state index in [0.717, 1.165) is 10.9 Å². The van der Waals surface area contributed by atoms with E-state index in [1.165, 1.54) is 3.97 Å². The largest absolute Gasteiger partial charge is 0.392 e. The summed E-state index contributed by atoms with van der Waals surface area (Å²) in [6, 6.07) is 14.0. The molecule has 1 heterocycles. The Hall–Kier alpha value is -2.11. The van der Waals surface area contributed by atoms with Crippen molar-refractivity contribution in [3.05, 3.63) is 65.4 Å². The van der Waals surface area contributed by atoms with Gasteiger partial charge < -0.3 is 5.11 Å². The van der Waals surface area contributed by atoms with E-state index >= 15 is 0 Å². The first-order valence-electron chi connectivity index (χ1n) is 6.99. The van der Waals surface area contributed by atoms with Gasteiger partial charge in [0.05, 0.1) is 17.0 Å². The number of aliphatic hydroxyl groups excluding tert-OH is 1. The van der Waals surface area contributed by atoms with Crippen LogP contribution in [0.4, 0.5) is 0 Å². The molecule has 5 heteroatoms. The molecule has 0 atom stereocenters. The second-order valence-corrected chi connectivity index (χ2v) is 7.11. The number of para-hydroxylation sites is 1. The molecule has 0 radical (unpaired) electrons. The van der Waals surface area contributed by atoms with Gasteiger partial charge in [0, 0.05) is 16.6 Å². The SMILES string of the molecule is Cc1ccc(S(=O)(=O)n2c(C)c(CO)c3ccccc32)cc1. The molecule has 0 aliphatic heterocycles. The molecular formula is C17H17NO3S. The minimum absolute atomic E-state index is 0.192. The number of rotatable bonds is 3. The lowest BCUT2D eigenvalue weighted by atomic mass is 10.1. The van der Waals surface area contributed by atoms with E-state index in [0.29, 0.717) is 16.8 Å². The van der Waals surface area contributed by atoms with Gasteiger partial charge in [0.25, 0.3) is 10.0 Å². The van der Waals surface area contributed by atoms with Crippen LogP contribution in [0.3, 0.4) is 0 Å². The summed E-state index contributed by atoms with van der Waals surface area (Å²) in [7, 11) is -3.70. The maximum Gasteiger partial charge on any atom is 0.268 e. The summed E-state index contributed by atoms with van der Waals surface area (Å²) < 4.78 is 27.3. The number of fused-ring (bicyclic) bond motifs is 1. The molecule has 3 rings (SSSR count). The van der Waals surface area contributed by atoms with E-state index in [-0.39, 0.29) is 11.5 Å². The minimum atomic E-state index is -3.70. The van der Waals surface area contributed by atoms with Gasteiger partial charge >= 0.3 is 0 Å². The summed E-state index contributed by atoms with van der Waals surface area (Å²) in [6.07, 6.45) is 0. The molecule has 1 aromatic heterocycles. The fraction of sp³-hybridized carbons (Fsp3) is 0.176. The summed E-state index contributed by atoms with van der Waals surface area (Å²) in [6.45, 7) is 3.44. The molecule has 0 fully saturated rings. The number of aryl methyl sites for hydroxylation is 1. The number of benzene rings is 2. The molecule has 114 valence electrons. The standard InChI is InChI=1S/C17H17NO3S/c1-12-7-9-14(10-8-12)22(20,21)18-13(2)16(11-19)15-5-3-4-6-17(15)18/h3-10,19H,11H2,1-2H3. The fourth-order valence-corrected chi connectivity index (χ4v) is 4.31. The Balaban J connectivity index is 2.34. The minimum Gasteiger partial charge on any atom is -0.392 e. The van der Waals surface area contributed by atoms with Crippen molar-refractivity contribution in [2.45, 2.75) is 25.3 Å². The molecule has 0 saturated carbocycles. The molecule has 0 spiro atoms. The van der Waals surface area contributed by atoms with Crippen LogP contribution in [0.1, 0.15) is 16.8 Å². The molecule has 2 aromatic carbocycles. The average molecular weight is 315 g/mol. The van der Waals surface area contributed by atoms with Crippen LogP contribution in [0.15, 0.2) is 53.4 Å². The van der Waals surface area contributed by atoms with Crippen LogP contribution in [0.2, 0.25) is 0 Å². The van der Waals surface area contributed by atoms with Gasteiger partial charge in [0.1, 0.15) is 0 Å². The normalized spacial score (nSPS) is 12.0. The van der Waals surface area contributed by atoms with Crippen molar-refractivity contribution in [3.8, 4) is 0 Å². The maximum absolute atomic E-state index is 13.0. The zero-order valence-electron chi connectivity index (χ0n) is 12.4. The maximum atomic E-state index is 13.0. The molecule has 3 aromatic rings. The predicted octanol–water partition coefficient (Wildman–Crippen LogP) is 2.99. The van der Waals surface area contributed by atoms with E-state index in [1.807, 2.05) is 19.1 Å². The first kappa shape index (κ1) is 14.8. The van der Waals surface area contributed by atoms with Crippen LogP contribution in [-0.2, 0) is 16.6 Å². The molecule has 0 unspecified atom stereocenters. The van der Waals surface area contributed by atoms with Crippen LogP contribution in [0.5, 0.6) is 0 Å². The van der Waals surface area contributed by atoms with Crippen molar-refractivity contribution >= 4 is 20.9 Å².